The quantitative estimate of drug-likeness (QED) is 0.937. The lowest BCUT2D eigenvalue weighted by Gasteiger charge is -2.23. The van der Waals surface area contributed by atoms with E-state index in [0.717, 1.165) is 49.3 Å². The predicted molar refractivity (Wildman–Crippen MR) is 85.1 cm³/mol. The van der Waals surface area contributed by atoms with E-state index >= 15 is 0 Å². The zero-order valence-corrected chi connectivity index (χ0v) is 12.7. The van der Waals surface area contributed by atoms with Crippen LogP contribution in [0, 0.1) is 6.92 Å². The third kappa shape index (κ3) is 2.93. The van der Waals surface area contributed by atoms with Gasteiger partial charge in [-0.3, -0.25) is 0 Å². The van der Waals surface area contributed by atoms with Gasteiger partial charge in [0.1, 0.15) is 5.82 Å². The van der Waals surface area contributed by atoms with Crippen molar-refractivity contribution in [3.8, 4) is 6.01 Å². The number of nitrogens with zero attached hydrogens (tertiary/aromatic N) is 3. The Morgan fingerprint density at radius 3 is 3.00 bits per heavy atom. The number of benzene rings is 1. The number of anilines is 1. The monoisotopic (exact) mass is 286 g/mol. The summed E-state index contributed by atoms with van der Waals surface area (Å²) in [7, 11) is 0. The van der Waals surface area contributed by atoms with Gasteiger partial charge in [-0.15, -0.1) is 0 Å². The molecule has 0 aliphatic carbocycles. The van der Waals surface area contributed by atoms with Crippen molar-refractivity contribution in [1.29, 1.82) is 0 Å². The van der Waals surface area contributed by atoms with Crippen LogP contribution in [0.15, 0.2) is 18.2 Å². The largest absolute Gasteiger partial charge is 0.464 e. The minimum absolute atomic E-state index is 0.475. The van der Waals surface area contributed by atoms with Crippen LogP contribution >= 0.6 is 0 Å². The average Bonchev–Trinajstić information content (AvgIpc) is 2.76. The molecule has 1 aliphatic heterocycles. The Hall–Kier alpha value is -1.88. The Kier molecular flexibility index (Phi) is 4.20. The Balaban J connectivity index is 2.12. The maximum atomic E-state index is 5.55. The molecule has 5 nitrogen and oxygen atoms in total. The zero-order valence-electron chi connectivity index (χ0n) is 12.7. The molecule has 1 aliphatic rings. The fraction of sp³-hybridized carbons (Fsp3) is 0.500. The summed E-state index contributed by atoms with van der Waals surface area (Å²) in [6.45, 7) is 8.69. The van der Waals surface area contributed by atoms with E-state index in [2.05, 4.69) is 33.2 Å². The second-order valence-electron chi connectivity index (χ2n) is 5.32. The van der Waals surface area contributed by atoms with Crippen molar-refractivity contribution in [2.45, 2.75) is 20.3 Å². The molecule has 2 heterocycles. The highest BCUT2D eigenvalue weighted by atomic mass is 16.5. The molecule has 0 spiro atoms. The summed E-state index contributed by atoms with van der Waals surface area (Å²) < 4.78 is 5.55. The molecule has 0 amide bonds. The van der Waals surface area contributed by atoms with E-state index < -0.39 is 0 Å². The topological polar surface area (TPSA) is 50.3 Å². The standard InChI is InChI=1S/C16H22N4O/c1-3-21-16-18-13-7-4-6-12(2)14(13)15(19-16)20-10-5-8-17-9-11-20/h4,6-7,17H,3,5,8-11H2,1-2H3. The molecule has 21 heavy (non-hydrogen) atoms. The van der Waals surface area contributed by atoms with Gasteiger partial charge >= 0.3 is 6.01 Å². The summed E-state index contributed by atoms with van der Waals surface area (Å²) in [5, 5.41) is 4.57. The summed E-state index contributed by atoms with van der Waals surface area (Å²) in [5.74, 6) is 1.00. The molecule has 1 aromatic carbocycles. The van der Waals surface area contributed by atoms with Crippen molar-refractivity contribution in [3.05, 3.63) is 23.8 Å². The molecule has 3 rings (SSSR count). The van der Waals surface area contributed by atoms with Crippen molar-refractivity contribution >= 4 is 16.7 Å². The van der Waals surface area contributed by atoms with Crippen LogP contribution in [-0.4, -0.2) is 42.8 Å². The summed E-state index contributed by atoms with van der Waals surface area (Å²) in [6, 6.07) is 6.66. The molecule has 1 saturated heterocycles. The van der Waals surface area contributed by atoms with Crippen molar-refractivity contribution < 1.29 is 4.74 Å². The van der Waals surface area contributed by atoms with Gasteiger partial charge < -0.3 is 15.0 Å². The van der Waals surface area contributed by atoms with Crippen LogP contribution in [0.25, 0.3) is 10.9 Å². The van der Waals surface area contributed by atoms with E-state index in [9.17, 15) is 0 Å². The van der Waals surface area contributed by atoms with Gasteiger partial charge in [-0.25, -0.2) is 0 Å². The third-order valence-corrected chi connectivity index (χ3v) is 3.81. The highest BCUT2D eigenvalue weighted by Crippen LogP contribution is 2.29. The number of ether oxygens (including phenoxy) is 1. The summed E-state index contributed by atoms with van der Waals surface area (Å²) in [4.78, 5) is 11.6. The lowest BCUT2D eigenvalue weighted by Crippen LogP contribution is -2.29. The summed E-state index contributed by atoms with van der Waals surface area (Å²) >= 11 is 0. The van der Waals surface area contributed by atoms with E-state index in [-0.39, 0.29) is 0 Å². The number of hydrogen-bond donors (Lipinski definition) is 1. The van der Waals surface area contributed by atoms with Gasteiger partial charge in [-0.1, -0.05) is 12.1 Å². The molecule has 0 atom stereocenters. The molecule has 0 saturated carbocycles. The third-order valence-electron chi connectivity index (χ3n) is 3.81. The Labute approximate surface area is 125 Å². The van der Waals surface area contributed by atoms with E-state index in [4.69, 9.17) is 4.74 Å². The van der Waals surface area contributed by atoms with E-state index in [0.29, 0.717) is 12.6 Å². The maximum Gasteiger partial charge on any atom is 0.318 e. The first-order valence-electron chi connectivity index (χ1n) is 7.65. The van der Waals surface area contributed by atoms with Gasteiger partial charge in [0.05, 0.1) is 12.1 Å². The SMILES string of the molecule is CCOc1nc(N2CCCNCC2)c2c(C)cccc2n1. The second-order valence-corrected chi connectivity index (χ2v) is 5.32. The first-order valence-corrected chi connectivity index (χ1v) is 7.65. The molecule has 2 aromatic rings. The van der Waals surface area contributed by atoms with Crippen molar-refractivity contribution in [3.63, 3.8) is 0 Å². The Morgan fingerprint density at radius 2 is 2.14 bits per heavy atom. The minimum atomic E-state index is 0.475. The van der Waals surface area contributed by atoms with E-state index in [1.54, 1.807) is 0 Å². The van der Waals surface area contributed by atoms with Gasteiger partial charge in [0.25, 0.3) is 0 Å². The number of hydrogen-bond acceptors (Lipinski definition) is 5. The van der Waals surface area contributed by atoms with Crippen LogP contribution in [0.2, 0.25) is 0 Å². The first-order chi connectivity index (χ1) is 10.3. The number of nitrogens with one attached hydrogen (secondary N) is 1. The maximum absolute atomic E-state index is 5.55. The average molecular weight is 286 g/mol. The van der Waals surface area contributed by atoms with Gasteiger partial charge in [0.15, 0.2) is 0 Å². The van der Waals surface area contributed by atoms with Crippen LogP contribution in [0.5, 0.6) is 6.01 Å². The van der Waals surface area contributed by atoms with Crippen molar-refractivity contribution in [1.82, 2.24) is 15.3 Å². The van der Waals surface area contributed by atoms with E-state index in [1.165, 1.54) is 5.56 Å². The highest BCUT2D eigenvalue weighted by molar-refractivity contribution is 5.92. The highest BCUT2D eigenvalue weighted by Gasteiger charge is 2.17. The number of rotatable bonds is 3. The molecule has 0 bridgehead atoms. The van der Waals surface area contributed by atoms with Gasteiger partial charge in [-0.2, -0.15) is 9.97 Å². The number of aryl methyl sites for hydroxylation is 1. The number of fused-ring (bicyclic) bond motifs is 1. The van der Waals surface area contributed by atoms with Crippen LogP contribution in [0.3, 0.4) is 0 Å². The zero-order chi connectivity index (χ0) is 14.7. The van der Waals surface area contributed by atoms with Crippen molar-refractivity contribution in [2.75, 3.05) is 37.7 Å². The minimum Gasteiger partial charge on any atom is -0.464 e. The van der Waals surface area contributed by atoms with Gasteiger partial charge in [-0.05, 0) is 38.4 Å². The van der Waals surface area contributed by atoms with Crippen LogP contribution in [-0.2, 0) is 0 Å². The molecule has 0 radical (unpaired) electrons. The molecule has 1 N–H and O–H groups in total. The number of aromatic nitrogens is 2. The lowest BCUT2D eigenvalue weighted by molar-refractivity contribution is 0.314. The van der Waals surface area contributed by atoms with Gasteiger partial charge in [0.2, 0.25) is 0 Å². The van der Waals surface area contributed by atoms with Crippen LogP contribution in [0.1, 0.15) is 18.9 Å². The molecular formula is C16H22N4O. The fourth-order valence-corrected chi connectivity index (χ4v) is 2.79. The second kappa shape index (κ2) is 6.26. The molecule has 0 unspecified atom stereocenters. The molecule has 5 heteroatoms. The molecule has 1 fully saturated rings. The predicted octanol–water partition coefficient (Wildman–Crippen LogP) is 2.14. The first kappa shape index (κ1) is 14.1. The summed E-state index contributed by atoms with van der Waals surface area (Å²) in [6.07, 6.45) is 1.13. The van der Waals surface area contributed by atoms with Crippen LogP contribution in [0.4, 0.5) is 5.82 Å². The fourth-order valence-electron chi connectivity index (χ4n) is 2.79. The van der Waals surface area contributed by atoms with Crippen molar-refractivity contribution in [2.24, 2.45) is 0 Å². The van der Waals surface area contributed by atoms with Gasteiger partial charge in [0, 0.05) is 25.0 Å². The smallest absolute Gasteiger partial charge is 0.318 e. The normalized spacial score (nSPS) is 16.0. The lowest BCUT2D eigenvalue weighted by atomic mass is 10.1. The van der Waals surface area contributed by atoms with Crippen LogP contribution < -0.4 is 15.0 Å². The molecule has 112 valence electrons. The molecular weight excluding hydrogens is 264 g/mol. The molecule has 1 aromatic heterocycles. The Bertz CT molecular complexity index is 621. The van der Waals surface area contributed by atoms with E-state index in [1.807, 2.05) is 19.1 Å². The summed E-state index contributed by atoms with van der Waals surface area (Å²) in [5.41, 5.74) is 2.17. The Morgan fingerprint density at radius 1 is 1.24 bits per heavy atom.